The Morgan fingerprint density at radius 3 is 2.55 bits per heavy atom. The SMILES string of the molecule is CN1CCN(c2ncc(Sc3ccc(N)nc3)c(OCc3cccc(C(F)(F)F)c3)n2)CC1. The fourth-order valence-electron chi connectivity index (χ4n) is 3.25. The quantitative estimate of drug-likeness (QED) is 0.573. The molecule has 7 nitrogen and oxygen atoms in total. The third-order valence-corrected chi connectivity index (χ3v) is 6.09. The predicted octanol–water partition coefficient (Wildman–Crippen LogP) is 3.95. The highest BCUT2D eigenvalue weighted by atomic mass is 32.2. The monoisotopic (exact) mass is 476 g/mol. The van der Waals surface area contributed by atoms with Gasteiger partial charge < -0.3 is 20.3 Å². The van der Waals surface area contributed by atoms with E-state index in [0.29, 0.717) is 28.1 Å². The number of anilines is 2. The van der Waals surface area contributed by atoms with E-state index in [0.717, 1.165) is 43.2 Å². The van der Waals surface area contributed by atoms with Crippen molar-refractivity contribution < 1.29 is 17.9 Å². The zero-order chi connectivity index (χ0) is 23.4. The molecule has 3 heterocycles. The fourth-order valence-corrected chi connectivity index (χ4v) is 4.04. The molecule has 4 rings (SSSR count). The number of rotatable bonds is 6. The zero-order valence-corrected chi connectivity index (χ0v) is 18.7. The van der Waals surface area contributed by atoms with Gasteiger partial charge in [0.1, 0.15) is 12.4 Å². The summed E-state index contributed by atoms with van der Waals surface area (Å²) in [6, 6.07) is 8.58. The molecule has 2 aromatic heterocycles. The van der Waals surface area contributed by atoms with E-state index in [4.69, 9.17) is 10.5 Å². The summed E-state index contributed by atoms with van der Waals surface area (Å²) >= 11 is 1.35. The Bertz CT molecular complexity index is 1090. The average molecular weight is 477 g/mol. The Kier molecular flexibility index (Phi) is 6.89. The van der Waals surface area contributed by atoms with Crippen molar-refractivity contribution in [1.82, 2.24) is 19.9 Å². The molecule has 1 fully saturated rings. The number of halogens is 3. The highest BCUT2D eigenvalue weighted by Crippen LogP contribution is 2.35. The lowest BCUT2D eigenvalue weighted by Gasteiger charge is -2.32. The molecule has 3 aromatic rings. The topological polar surface area (TPSA) is 80.4 Å². The Morgan fingerprint density at radius 2 is 1.85 bits per heavy atom. The molecule has 0 spiro atoms. The van der Waals surface area contributed by atoms with Crippen molar-refractivity contribution in [3.05, 3.63) is 59.9 Å². The van der Waals surface area contributed by atoms with E-state index in [1.807, 2.05) is 6.07 Å². The number of piperazine rings is 1. The number of benzene rings is 1. The summed E-state index contributed by atoms with van der Waals surface area (Å²) in [7, 11) is 2.06. The second-order valence-corrected chi connectivity index (χ2v) is 8.75. The minimum Gasteiger partial charge on any atom is -0.472 e. The van der Waals surface area contributed by atoms with Gasteiger partial charge in [0.2, 0.25) is 11.8 Å². The molecule has 0 bridgehead atoms. The Balaban J connectivity index is 1.58. The molecule has 1 aliphatic heterocycles. The minimum absolute atomic E-state index is 0.0589. The summed E-state index contributed by atoms with van der Waals surface area (Å²) in [4.78, 5) is 18.9. The van der Waals surface area contributed by atoms with Crippen LogP contribution in [0.5, 0.6) is 5.88 Å². The van der Waals surface area contributed by atoms with E-state index in [-0.39, 0.29) is 6.61 Å². The van der Waals surface area contributed by atoms with Gasteiger partial charge in [0.25, 0.3) is 0 Å². The number of hydrogen-bond acceptors (Lipinski definition) is 8. The standard InChI is InChI=1S/C22H23F3N6OS/c1-30-7-9-31(10-8-30)21-28-13-18(33-17-5-6-19(26)27-12-17)20(29-21)32-14-15-3-2-4-16(11-15)22(23,24)25/h2-6,11-13H,7-10,14H2,1H3,(H2,26,27). The fraction of sp³-hybridized carbons (Fsp3) is 0.318. The molecule has 0 aliphatic carbocycles. The molecule has 2 N–H and O–H groups in total. The molecule has 0 radical (unpaired) electrons. The summed E-state index contributed by atoms with van der Waals surface area (Å²) in [5.74, 6) is 1.24. The summed E-state index contributed by atoms with van der Waals surface area (Å²) in [6.07, 6.45) is -1.11. The lowest BCUT2D eigenvalue weighted by molar-refractivity contribution is -0.137. The maximum absolute atomic E-state index is 13.1. The van der Waals surface area contributed by atoms with Crippen LogP contribution in [0, 0.1) is 0 Å². The number of ether oxygens (including phenoxy) is 1. The molecule has 33 heavy (non-hydrogen) atoms. The molecule has 174 valence electrons. The van der Waals surface area contributed by atoms with Crippen molar-refractivity contribution in [3.8, 4) is 5.88 Å². The van der Waals surface area contributed by atoms with E-state index in [1.165, 1.54) is 17.8 Å². The van der Waals surface area contributed by atoms with Gasteiger partial charge in [-0.2, -0.15) is 18.2 Å². The van der Waals surface area contributed by atoms with Crippen LogP contribution in [-0.4, -0.2) is 53.1 Å². The zero-order valence-electron chi connectivity index (χ0n) is 17.9. The van der Waals surface area contributed by atoms with Gasteiger partial charge >= 0.3 is 6.18 Å². The molecular weight excluding hydrogens is 453 g/mol. The summed E-state index contributed by atoms with van der Waals surface area (Å²) in [6.45, 7) is 3.27. The van der Waals surface area contributed by atoms with Crippen LogP contribution >= 0.6 is 11.8 Å². The molecule has 11 heteroatoms. The van der Waals surface area contributed by atoms with Crippen LogP contribution < -0.4 is 15.4 Å². The van der Waals surface area contributed by atoms with Crippen molar-refractivity contribution in [1.29, 1.82) is 0 Å². The van der Waals surface area contributed by atoms with Gasteiger partial charge in [-0.3, -0.25) is 0 Å². The van der Waals surface area contributed by atoms with Gasteiger partial charge in [-0.05, 0) is 36.9 Å². The van der Waals surface area contributed by atoms with Gasteiger partial charge in [-0.25, -0.2) is 9.97 Å². The van der Waals surface area contributed by atoms with Crippen LogP contribution in [0.3, 0.4) is 0 Å². The second-order valence-electron chi connectivity index (χ2n) is 7.64. The largest absolute Gasteiger partial charge is 0.472 e. The molecule has 1 saturated heterocycles. The number of alkyl halides is 3. The first-order chi connectivity index (χ1) is 15.8. The maximum atomic E-state index is 13.1. The molecule has 0 amide bonds. The van der Waals surface area contributed by atoms with E-state index in [1.54, 1.807) is 24.5 Å². The van der Waals surface area contributed by atoms with Gasteiger partial charge in [-0.1, -0.05) is 23.9 Å². The van der Waals surface area contributed by atoms with E-state index in [9.17, 15) is 13.2 Å². The molecular formula is C22H23F3N6OS. The molecule has 1 aliphatic rings. The summed E-state index contributed by atoms with van der Waals surface area (Å²) in [5, 5.41) is 0. The van der Waals surface area contributed by atoms with Gasteiger partial charge in [0, 0.05) is 37.3 Å². The number of nitrogens with two attached hydrogens (primary N) is 1. The highest BCUT2D eigenvalue weighted by Gasteiger charge is 2.30. The van der Waals surface area contributed by atoms with E-state index in [2.05, 4.69) is 31.8 Å². The normalized spacial score (nSPS) is 15.0. The number of likely N-dealkylation sites (N-methyl/N-ethyl adjacent to an activating group) is 1. The first kappa shape index (κ1) is 23.1. The number of nitrogens with zero attached hydrogens (tertiary/aromatic N) is 5. The number of aromatic nitrogens is 3. The Hall–Kier alpha value is -3.05. The van der Waals surface area contributed by atoms with Crippen LogP contribution in [0.2, 0.25) is 0 Å². The van der Waals surface area contributed by atoms with Crippen molar-refractivity contribution >= 4 is 23.5 Å². The first-order valence-electron chi connectivity index (χ1n) is 10.3. The molecule has 1 aromatic carbocycles. The molecule has 0 saturated carbocycles. The van der Waals surface area contributed by atoms with Crippen molar-refractivity contribution in [2.75, 3.05) is 43.9 Å². The highest BCUT2D eigenvalue weighted by molar-refractivity contribution is 7.99. The summed E-state index contributed by atoms with van der Waals surface area (Å²) in [5.41, 5.74) is 5.34. The first-order valence-corrected chi connectivity index (χ1v) is 11.1. The van der Waals surface area contributed by atoms with Gasteiger partial charge in [0.05, 0.1) is 16.7 Å². The van der Waals surface area contributed by atoms with Gasteiger partial charge in [0.15, 0.2) is 0 Å². The van der Waals surface area contributed by atoms with Crippen molar-refractivity contribution in [2.45, 2.75) is 22.6 Å². The van der Waals surface area contributed by atoms with Gasteiger partial charge in [-0.15, -0.1) is 0 Å². The molecule has 0 unspecified atom stereocenters. The van der Waals surface area contributed by atoms with Crippen LogP contribution in [0.25, 0.3) is 0 Å². The molecule has 0 atom stereocenters. The predicted molar refractivity (Wildman–Crippen MR) is 120 cm³/mol. The Morgan fingerprint density at radius 1 is 1.06 bits per heavy atom. The van der Waals surface area contributed by atoms with Crippen LogP contribution in [0.1, 0.15) is 11.1 Å². The van der Waals surface area contributed by atoms with Crippen molar-refractivity contribution in [2.24, 2.45) is 0 Å². The lowest BCUT2D eigenvalue weighted by Crippen LogP contribution is -2.45. The number of pyridine rings is 1. The van der Waals surface area contributed by atoms with Crippen molar-refractivity contribution in [3.63, 3.8) is 0 Å². The van der Waals surface area contributed by atoms with E-state index >= 15 is 0 Å². The third-order valence-electron chi connectivity index (χ3n) is 5.11. The van der Waals surface area contributed by atoms with E-state index < -0.39 is 11.7 Å². The minimum atomic E-state index is -4.41. The number of nitrogen functional groups attached to an aromatic ring is 1. The number of hydrogen-bond donors (Lipinski definition) is 1. The third kappa shape index (κ3) is 6.05. The van der Waals surface area contributed by atoms with Crippen LogP contribution in [-0.2, 0) is 12.8 Å². The average Bonchev–Trinajstić information content (AvgIpc) is 2.80. The second kappa shape index (κ2) is 9.84. The lowest BCUT2D eigenvalue weighted by atomic mass is 10.1. The van der Waals surface area contributed by atoms with Crippen LogP contribution in [0.4, 0.5) is 24.9 Å². The smallest absolute Gasteiger partial charge is 0.416 e. The summed E-state index contributed by atoms with van der Waals surface area (Å²) < 4.78 is 45.1. The van der Waals surface area contributed by atoms with Crippen LogP contribution in [0.15, 0.2) is 58.6 Å². The maximum Gasteiger partial charge on any atom is 0.416 e. The Labute approximate surface area is 193 Å².